The zero-order chi connectivity index (χ0) is 18.4. The highest BCUT2D eigenvalue weighted by molar-refractivity contribution is 9.09. The van der Waals surface area contributed by atoms with E-state index >= 15 is 0 Å². The van der Waals surface area contributed by atoms with Gasteiger partial charge in [0.15, 0.2) is 5.43 Å². The van der Waals surface area contributed by atoms with Crippen LogP contribution in [0.5, 0.6) is 5.75 Å². The molecule has 0 unspecified atom stereocenters. The highest BCUT2D eigenvalue weighted by Gasteiger charge is 2.08. The van der Waals surface area contributed by atoms with Gasteiger partial charge in [-0.1, -0.05) is 28.8 Å². The second-order valence-electron chi connectivity index (χ2n) is 6.09. The first-order chi connectivity index (χ1) is 12.7. The maximum atomic E-state index is 13.3. The summed E-state index contributed by atoms with van der Waals surface area (Å²) < 4.78 is 24.8. The quantitative estimate of drug-likeness (QED) is 0.336. The summed E-state index contributed by atoms with van der Waals surface area (Å²) in [7, 11) is 0. The van der Waals surface area contributed by atoms with Crippen LogP contribution in [0.2, 0.25) is 0 Å². The Bertz CT molecular complexity index is 919. The molecule has 136 valence electrons. The number of rotatable bonds is 8. The summed E-state index contributed by atoms with van der Waals surface area (Å²) >= 11 is 3.43. The van der Waals surface area contributed by atoms with Crippen LogP contribution in [0, 0.1) is 5.82 Å². The summed E-state index contributed by atoms with van der Waals surface area (Å²) in [6.07, 6.45) is 4.59. The summed E-state index contributed by atoms with van der Waals surface area (Å²) in [6, 6.07) is 12.8. The van der Waals surface area contributed by atoms with Gasteiger partial charge in [0.05, 0.1) is 12.0 Å². The van der Waals surface area contributed by atoms with Gasteiger partial charge in [-0.05, 0) is 55.3 Å². The Hall–Kier alpha value is -2.14. The maximum Gasteiger partial charge on any atom is 0.193 e. The van der Waals surface area contributed by atoms with E-state index in [0.717, 1.165) is 29.5 Å². The fourth-order valence-corrected chi connectivity index (χ4v) is 3.12. The smallest absolute Gasteiger partial charge is 0.193 e. The molecule has 5 heteroatoms. The Labute approximate surface area is 159 Å². The van der Waals surface area contributed by atoms with E-state index in [1.165, 1.54) is 37.1 Å². The van der Waals surface area contributed by atoms with Gasteiger partial charge in [0, 0.05) is 17.0 Å². The average Bonchev–Trinajstić information content (AvgIpc) is 2.65. The molecule has 0 aliphatic carbocycles. The van der Waals surface area contributed by atoms with Crippen molar-refractivity contribution in [3.05, 3.63) is 64.6 Å². The van der Waals surface area contributed by atoms with E-state index in [1.807, 2.05) is 24.3 Å². The van der Waals surface area contributed by atoms with Gasteiger partial charge in [-0.25, -0.2) is 4.39 Å². The molecule has 2 aromatic carbocycles. The molecule has 3 rings (SSSR count). The highest BCUT2D eigenvalue weighted by Crippen LogP contribution is 2.24. The number of alkyl halides is 1. The molecule has 3 aromatic rings. The third kappa shape index (κ3) is 4.73. The number of ether oxygens (including phenoxy) is 1. The van der Waals surface area contributed by atoms with Crippen LogP contribution < -0.4 is 10.2 Å². The predicted molar refractivity (Wildman–Crippen MR) is 106 cm³/mol. The lowest BCUT2D eigenvalue weighted by molar-refractivity contribution is 0.305. The molecular weight excluding hydrogens is 399 g/mol. The molecule has 0 spiro atoms. The molecule has 0 aliphatic rings. The van der Waals surface area contributed by atoms with Gasteiger partial charge in [-0.15, -0.1) is 0 Å². The predicted octanol–water partition coefficient (Wildman–Crippen LogP) is 5.93. The molecule has 3 nitrogen and oxygen atoms in total. The standard InChI is InChI=1S/C21H20BrFO3/c22-11-3-1-2-4-12-25-17-8-5-15(6-9-17)21-14-19(24)18-13-16(23)7-10-20(18)26-21/h5-10,13-14H,1-4,11-12H2. The number of hydrogen-bond acceptors (Lipinski definition) is 3. The largest absolute Gasteiger partial charge is 0.494 e. The zero-order valence-electron chi connectivity index (χ0n) is 14.3. The minimum atomic E-state index is -0.453. The van der Waals surface area contributed by atoms with Crippen LogP contribution in [0.25, 0.3) is 22.3 Å². The second-order valence-corrected chi connectivity index (χ2v) is 6.88. The lowest BCUT2D eigenvalue weighted by Crippen LogP contribution is -2.01. The Morgan fingerprint density at radius 3 is 2.50 bits per heavy atom. The Balaban J connectivity index is 1.68. The monoisotopic (exact) mass is 418 g/mol. The zero-order valence-corrected chi connectivity index (χ0v) is 15.9. The van der Waals surface area contributed by atoms with E-state index in [0.29, 0.717) is 18.0 Å². The van der Waals surface area contributed by atoms with Crippen LogP contribution in [0.4, 0.5) is 4.39 Å². The van der Waals surface area contributed by atoms with E-state index in [2.05, 4.69) is 15.9 Å². The van der Waals surface area contributed by atoms with Gasteiger partial charge in [0.2, 0.25) is 0 Å². The summed E-state index contributed by atoms with van der Waals surface area (Å²) in [5, 5.41) is 1.29. The number of benzene rings is 2. The first-order valence-corrected chi connectivity index (χ1v) is 9.82. The topological polar surface area (TPSA) is 39.4 Å². The van der Waals surface area contributed by atoms with Crippen molar-refractivity contribution in [3.63, 3.8) is 0 Å². The fraction of sp³-hybridized carbons (Fsp3) is 0.286. The van der Waals surface area contributed by atoms with E-state index in [9.17, 15) is 9.18 Å². The number of fused-ring (bicyclic) bond motifs is 1. The molecule has 0 aliphatic heterocycles. The molecular formula is C21H20BrFO3. The number of hydrogen-bond donors (Lipinski definition) is 0. The minimum Gasteiger partial charge on any atom is -0.494 e. The molecule has 1 aromatic heterocycles. The van der Waals surface area contributed by atoms with Gasteiger partial charge in [0.1, 0.15) is 22.9 Å². The van der Waals surface area contributed by atoms with Crippen LogP contribution in [0.3, 0.4) is 0 Å². The van der Waals surface area contributed by atoms with Gasteiger partial charge in [0.25, 0.3) is 0 Å². The summed E-state index contributed by atoms with van der Waals surface area (Å²) in [6.45, 7) is 0.693. The van der Waals surface area contributed by atoms with Gasteiger partial charge < -0.3 is 9.15 Å². The summed E-state index contributed by atoms with van der Waals surface area (Å²) in [4.78, 5) is 12.2. The van der Waals surface area contributed by atoms with Crippen molar-refractivity contribution in [1.29, 1.82) is 0 Å². The molecule has 0 fully saturated rings. The SMILES string of the molecule is O=c1cc(-c2ccc(OCCCCCCBr)cc2)oc2ccc(F)cc12. The van der Waals surface area contributed by atoms with E-state index in [-0.39, 0.29) is 10.8 Å². The third-order valence-corrected chi connectivity index (χ3v) is 4.69. The summed E-state index contributed by atoms with van der Waals surface area (Å²) in [5.41, 5.74) is 0.889. The van der Waals surface area contributed by atoms with Crippen LogP contribution in [-0.2, 0) is 0 Å². The van der Waals surface area contributed by atoms with Gasteiger partial charge in [-0.2, -0.15) is 0 Å². The molecule has 26 heavy (non-hydrogen) atoms. The van der Waals surface area contributed by atoms with Gasteiger partial charge >= 0.3 is 0 Å². The molecule has 0 bridgehead atoms. The summed E-state index contributed by atoms with van der Waals surface area (Å²) in [5.74, 6) is 0.793. The Morgan fingerprint density at radius 1 is 0.962 bits per heavy atom. The van der Waals surface area contributed by atoms with Crippen LogP contribution >= 0.6 is 15.9 Å². The van der Waals surface area contributed by atoms with Crippen LogP contribution in [0.15, 0.2) is 57.7 Å². The van der Waals surface area contributed by atoms with E-state index in [4.69, 9.17) is 9.15 Å². The Morgan fingerprint density at radius 2 is 1.73 bits per heavy atom. The molecule has 0 atom stereocenters. The molecule has 0 saturated heterocycles. The Kier molecular flexibility index (Phi) is 6.45. The normalized spacial score (nSPS) is 11.0. The third-order valence-electron chi connectivity index (χ3n) is 4.12. The number of unbranched alkanes of at least 4 members (excludes halogenated alkanes) is 3. The fourth-order valence-electron chi connectivity index (χ4n) is 2.73. The van der Waals surface area contributed by atoms with Crippen LogP contribution in [0.1, 0.15) is 25.7 Å². The minimum absolute atomic E-state index is 0.244. The number of halogens is 2. The van der Waals surface area contributed by atoms with Crippen LogP contribution in [-0.4, -0.2) is 11.9 Å². The van der Waals surface area contributed by atoms with Gasteiger partial charge in [-0.3, -0.25) is 4.79 Å². The molecule has 0 radical (unpaired) electrons. The van der Waals surface area contributed by atoms with E-state index in [1.54, 1.807) is 0 Å². The van der Waals surface area contributed by atoms with Crippen molar-refractivity contribution in [2.45, 2.75) is 25.7 Å². The lowest BCUT2D eigenvalue weighted by Gasteiger charge is -2.07. The van der Waals surface area contributed by atoms with Crippen molar-refractivity contribution in [3.8, 4) is 17.1 Å². The van der Waals surface area contributed by atoms with Crippen molar-refractivity contribution in [2.75, 3.05) is 11.9 Å². The average molecular weight is 419 g/mol. The van der Waals surface area contributed by atoms with Crippen molar-refractivity contribution < 1.29 is 13.5 Å². The molecule has 0 N–H and O–H groups in total. The van der Waals surface area contributed by atoms with Crippen molar-refractivity contribution >= 4 is 26.9 Å². The second kappa shape index (κ2) is 8.99. The molecule has 0 amide bonds. The molecule has 1 heterocycles. The first-order valence-electron chi connectivity index (χ1n) is 8.70. The van der Waals surface area contributed by atoms with E-state index < -0.39 is 5.82 Å². The van der Waals surface area contributed by atoms with Crippen molar-refractivity contribution in [1.82, 2.24) is 0 Å². The van der Waals surface area contributed by atoms with Crippen molar-refractivity contribution in [2.24, 2.45) is 0 Å². The lowest BCUT2D eigenvalue weighted by atomic mass is 10.1. The molecule has 0 saturated carbocycles. The highest BCUT2D eigenvalue weighted by atomic mass is 79.9. The maximum absolute atomic E-state index is 13.3. The first kappa shape index (κ1) is 18.6.